The van der Waals surface area contributed by atoms with Gasteiger partial charge in [0.25, 0.3) is 17.7 Å². The Morgan fingerprint density at radius 2 is 1.84 bits per heavy atom. The summed E-state index contributed by atoms with van der Waals surface area (Å²) in [5.74, 6) is -6.59. The molecule has 294 valence electrons. The number of thiazole rings is 1. The summed E-state index contributed by atoms with van der Waals surface area (Å²) in [6.07, 6.45) is 0.0881. The summed E-state index contributed by atoms with van der Waals surface area (Å²) < 4.78 is 5.69. The molecule has 0 radical (unpaired) electrons. The molecule has 4 aliphatic rings. The maximum atomic E-state index is 13.7. The predicted octanol–water partition coefficient (Wildman–Crippen LogP) is 0.836. The molecule has 3 fully saturated rings. The van der Waals surface area contributed by atoms with Crippen LogP contribution in [0.25, 0.3) is 0 Å². The topological polar surface area (TPSA) is 280 Å². The summed E-state index contributed by atoms with van der Waals surface area (Å²) in [6, 6.07) is 1.38. The number of amides is 3. The van der Waals surface area contributed by atoms with Crippen molar-refractivity contribution in [3.05, 3.63) is 45.1 Å². The number of aliphatic carboxylic acids is 2. The van der Waals surface area contributed by atoms with Gasteiger partial charge in [0, 0.05) is 48.4 Å². The number of hydrogen-bond donors (Lipinski definition) is 7. The van der Waals surface area contributed by atoms with Gasteiger partial charge in [-0.2, -0.15) is 0 Å². The Kier molecular flexibility index (Phi) is 11.2. The number of nitrogens with one attached hydrogen (secondary N) is 2. The highest BCUT2D eigenvalue weighted by molar-refractivity contribution is 8.00. The number of quaternary nitrogens is 1. The lowest BCUT2D eigenvalue weighted by molar-refractivity contribution is -0.944. The van der Waals surface area contributed by atoms with E-state index in [2.05, 4.69) is 27.8 Å². The fourth-order valence-corrected chi connectivity index (χ4v) is 9.80. The van der Waals surface area contributed by atoms with Crippen molar-refractivity contribution in [1.82, 2.24) is 20.5 Å². The van der Waals surface area contributed by atoms with Gasteiger partial charge in [0.15, 0.2) is 22.3 Å². The monoisotopic (exact) mass is 822 g/mol. The first kappa shape index (κ1) is 39.6. The molecule has 1 unspecified atom stereocenters. The summed E-state index contributed by atoms with van der Waals surface area (Å²) in [7, 11) is 3.30. The first-order valence-corrected chi connectivity index (χ1v) is 19.2. The number of thioether (sulfide) groups is 1. The van der Waals surface area contributed by atoms with Crippen molar-refractivity contribution < 1.29 is 63.3 Å². The number of oxime groups is 1. The van der Waals surface area contributed by atoms with E-state index in [1.54, 1.807) is 0 Å². The Labute approximate surface area is 325 Å². The summed E-state index contributed by atoms with van der Waals surface area (Å²) in [6.45, 7) is 0.416. The molecule has 4 aliphatic heterocycles. The maximum Gasteiger partial charge on any atom is 0.355 e. The smallest absolute Gasteiger partial charge is 0.355 e. The lowest BCUT2D eigenvalue weighted by Crippen LogP contribution is -2.71. The van der Waals surface area contributed by atoms with E-state index >= 15 is 0 Å². The number of aromatic nitrogens is 1. The molecule has 1 aromatic carbocycles. The molecule has 3 amide bonds. The van der Waals surface area contributed by atoms with E-state index in [9.17, 15) is 44.1 Å². The highest BCUT2D eigenvalue weighted by Crippen LogP contribution is 2.46. The summed E-state index contributed by atoms with van der Waals surface area (Å²) in [5, 5.41) is 47.7. The molecule has 8 N–H and O–H groups in total. The van der Waals surface area contributed by atoms with Crippen LogP contribution in [0.5, 0.6) is 11.5 Å². The van der Waals surface area contributed by atoms with Gasteiger partial charge in [0.05, 0.1) is 43.2 Å². The summed E-state index contributed by atoms with van der Waals surface area (Å²) in [5.41, 5.74) is 5.88. The van der Waals surface area contributed by atoms with Crippen LogP contribution in [0.15, 0.2) is 33.9 Å². The molecule has 6 rings (SSSR count). The number of methoxy groups -OCH3 is 1. The minimum atomic E-state index is -1.93. The van der Waals surface area contributed by atoms with Crippen molar-refractivity contribution in [3.8, 4) is 11.5 Å². The van der Waals surface area contributed by atoms with Crippen LogP contribution in [-0.2, 0) is 33.5 Å². The van der Waals surface area contributed by atoms with Gasteiger partial charge < -0.3 is 50.9 Å². The molecule has 2 aromatic rings. The number of benzene rings is 1. The number of carbonyl (C=O) groups is 6. The molecule has 5 heterocycles. The maximum absolute atomic E-state index is 13.7. The van der Waals surface area contributed by atoms with Gasteiger partial charge in [0.1, 0.15) is 29.4 Å². The SMILES string of the molecule is COC(=O)C1=C(C[N+]2(C)[C@@H]3CC[C@H]2C[C@H](NC(=O)c2ccc(O)c(O)c2Cl)C3)CS[C@@H]2[C@H](NC(=O)/C(=N\O[C@@H](CC(=O)O)C(=O)O)c3csc(N)n3)C(=O)N12. The van der Waals surface area contributed by atoms with E-state index in [0.717, 1.165) is 24.2 Å². The van der Waals surface area contributed by atoms with Crippen molar-refractivity contribution in [1.29, 1.82) is 0 Å². The quantitative estimate of drug-likeness (QED) is 0.0368. The zero-order chi connectivity index (χ0) is 39.9. The second kappa shape index (κ2) is 15.6. The summed E-state index contributed by atoms with van der Waals surface area (Å²) in [4.78, 5) is 86.5. The third-order valence-electron chi connectivity index (χ3n) is 10.4. The zero-order valence-corrected chi connectivity index (χ0v) is 31.7. The Morgan fingerprint density at radius 1 is 1.15 bits per heavy atom. The van der Waals surface area contributed by atoms with E-state index < -0.39 is 76.8 Å². The van der Waals surface area contributed by atoms with Crippen molar-refractivity contribution in [3.63, 3.8) is 0 Å². The number of fused-ring (bicyclic) bond motifs is 3. The van der Waals surface area contributed by atoms with Crippen molar-refractivity contribution >= 4 is 81.2 Å². The molecule has 0 aliphatic carbocycles. The molecule has 55 heavy (non-hydrogen) atoms. The van der Waals surface area contributed by atoms with Gasteiger partial charge in [-0.1, -0.05) is 16.8 Å². The number of rotatable bonds is 13. The number of phenolic OH excluding ortho intramolecular Hbond substituents is 2. The normalized spacial score (nSPS) is 26.4. The third-order valence-corrected chi connectivity index (χ3v) is 12.8. The standard InChI is InChI=1S/C33H36ClN7O12S2/c1-41(15-3-4-16(41)8-14(7-15)36-27(46)17-5-6-19(42)26(45)22(17)34)10-13-11-54-30-24(29(48)40(30)25(13)32(51)52-2)38-28(47)23(18-12-55-33(35)37-18)39-53-20(31(49)50)9-21(43)44/h5-6,12,14-16,20,24,30H,3-4,7-11H2,1-2H3,(H7-,35,36,37,38,39,42,43,44,45,46,47,49,50)/p+1/t14-,15-,16+,20-,24+,30+,41?/m0/s1. The first-order valence-electron chi connectivity index (χ1n) is 16.9. The number of halogens is 1. The average molecular weight is 823 g/mol. The third kappa shape index (κ3) is 7.60. The molecule has 22 heteroatoms. The van der Waals surface area contributed by atoms with Gasteiger partial charge in [-0.05, 0) is 12.1 Å². The van der Waals surface area contributed by atoms with Crippen molar-refractivity contribution in [2.75, 3.05) is 32.2 Å². The van der Waals surface area contributed by atoms with Crippen LogP contribution in [0.2, 0.25) is 5.02 Å². The molecular formula is C33H37ClN7O12S2+. The molecule has 0 saturated carbocycles. The number of carboxylic acids is 2. The number of phenols is 2. The number of carboxylic acid groups (broad SMARTS) is 2. The second-order valence-corrected chi connectivity index (χ2v) is 16.0. The molecule has 7 atom stereocenters. The van der Waals surface area contributed by atoms with Crippen LogP contribution in [0.1, 0.15) is 48.2 Å². The van der Waals surface area contributed by atoms with Crippen LogP contribution in [0, 0.1) is 0 Å². The fraction of sp³-hybridized carbons (Fsp3) is 0.455. The van der Waals surface area contributed by atoms with Crippen LogP contribution >= 0.6 is 34.7 Å². The molecular weight excluding hydrogens is 786 g/mol. The van der Waals surface area contributed by atoms with E-state index in [1.165, 1.54) is 41.3 Å². The average Bonchev–Trinajstić information content (AvgIpc) is 3.60. The Balaban J connectivity index is 1.17. The molecule has 1 aromatic heterocycles. The molecule has 3 saturated heterocycles. The highest BCUT2D eigenvalue weighted by atomic mass is 35.5. The number of likely N-dealkylation sites (N-methyl/N-ethyl adjacent to an activating group) is 1. The number of hydrogen-bond acceptors (Lipinski definition) is 15. The lowest BCUT2D eigenvalue weighted by atomic mass is 9.92. The Bertz CT molecular complexity index is 2010. The molecule has 19 nitrogen and oxygen atoms in total. The van der Waals surface area contributed by atoms with Gasteiger partial charge >= 0.3 is 17.9 Å². The first-order chi connectivity index (χ1) is 26.0. The van der Waals surface area contributed by atoms with Gasteiger partial charge in [-0.15, -0.1) is 23.1 Å². The Morgan fingerprint density at radius 3 is 2.44 bits per heavy atom. The van der Waals surface area contributed by atoms with Crippen LogP contribution in [0.3, 0.4) is 0 Å². The van der Waals surface area contributed by atoms with Crippen LogP contribution < -0.4 is 16.4 Å². The van der Waals surface area contributed by atoms with E-state index in [4.69, 9.17) is 32.0 Å². The highest BCUT2D eigenvalue weighted by Gasteiger charge is 2.57. The van der Waals surface area contributed by atoms with Crippen molar-refractivity contribution in [2.45, 2.75) is 67.7 Å². The molecule has 0 spiro atoms. The second-order valence-electron chi connectivity index (χ2n) is 13.7. The number of ether oxygens (including phenoxy) is 1. The predicted molar refractivity (Wildman–Crippen MR) is 195 cm³/mol. The lowest BCUT2D eigenvalue weighted by Gasteiger charge is -2.52. The van der Waals surface area contributed by atoms with E-state index in [1.807, 2.05) is 0 Å². The number of nitrogen functional groups attached to an aromatic ring is 1. The number of carbonyl (C=O) groups excluding carboxylic acids is 4. The van der Waals surface area contributed by atoms with E-state index in [-0.39, 0.29) is 45.2 Å². The van der Waals surface area contributed by atoms with Gasteiger partial charge in [-0.3, -0.25) is 24.1 Å². The largest absolute Gasteiger partial charge is 0.504 e. The fourth-order valence-electron chi connectivity index (χ4n) is 7.67. The number of esters is 1. The van der Waals surface area contributed by atoms with Crippen LogP contribution in [-0.4, -0.2) is 138 Å². The minimum Gasteiger partial charge on any atom is -0.504 e. The van der Waals surface area contributed by atoms with E-state index in [0.29, 0.717) is 35.2 Å². The summed E-state index contributed by atoms with van der Waals surface area (Å²) >= 11 is 8.40. The molecule has 2 bridgehead atoms. The number of anilines is 1. The van der Waals surface area contributed by atoms with Crippen LogP contribution in [0.4, 0.5) is 5.13 Å². The van der Waals surface area contributed by atoms with Gasteiger partial charge in [0.2, 0.25) is 6.10 Å². The number of nitrogens with zero attached hydrogens (tertiary/aromatic N) is 4. The number of nitrogens with two attached hydrogens (primary N) is 1. The number of β-lactam (4-membered cyclic amide) rings is 1. The zero-order valence-electron chi connectivity index (χ0n) is 29.3. The number of aromatic hydroxyl groups is 2. The number of piperidine rings is 1. The minimum absolute atomic E-state index is 0.0368. The van der Waals surface area contributed by atoms with Gasteiger partial charge in [-0.25, -0.2) is 14.6 Å². The Hall–Kier alpha value is -5.12. The van der Waals surface area contributed by atoms with Crippen molar-refractivity contribution in [2.24, 2.45) is 5.16 Å².